The van der Waals surface area contributed by atoms with Crippen molar-refractivity contribution < 1.29 is 9.26 Å². The van der Waals surface area contributed by atoms with E-state index in [4.69, 9.17) is 9.26 Å². The Labute approximate surface area is 106 Å². The first-order chi connectivity index (χ1) is 8.66. The standard InChI is InChI=1S/C13H19N3O2/c1-13(2)9(8-5-6-17-10(8)13)14-12-15-11(16-18-12)7-3-4-7/h7-10H,3-6H2,1-2H3,(H,14,15,16)/t8-,9-,10-/m1/s1. The summed E-state index contributed by atoms with van der Waals surface area (Å²) >= 11 is 0. The molecular formula is C13H19N3O2. The number of ether oxygens (including phenoxy) is 1. The van der Waals surface area contributed by atoms with E-state index >= 15 is 0 Å². The molecule has 1 N–H and O–H groups in total. The summed E-state index contributed by atoms with van der Waals surface area (Å²) in [6.45, 7) is 5.37. The molecule has 1 aromatic heterocycles. The molecule has 2 aliphatic carbocycles. The van der Waals surface area contributed by atoms with Crippen LogP contribution in [-0.2, 0) is 4.74 Å². The van der Waals surface area contributed by atoms with E-state index < -0.39 is 0 Å². The normalized spacial score (nSPS) is 37.1. The van der Waals surface area contributed by atoms with Crippen molar-refractivity contribution in [2.45, 2.75) is 51.2 Å². The largest absolute Gasteiger partial charge is 0.377 e. The number of aromatic nitrogens is 2. The molecule has 5 heteroatoms. The Bertz CT molecular complexity index is 467. The molecule has 1 saturated heterocycles. The number of fused-ring (bicyclic) bond motifs is 1. The van der Waals surface area contributed by atoms with Crippen LogP contribution >= 0.6 is 0 Å². The minimum absolute atomic E-state index is 0.148. The van der Waals surface area contributed by atoms with E-state index in [1.54, 1.807) is 0 Å². The van der Waals surface area contributed by atoms with Crippen LogP contribution in [0.4, 0.5) is 6.01 Å². The molecule has 0 amide bonds. The van der Waals surface area contributed by atoms with Crippen molar-refractivity contribution in [3.63, 3.8) is 0 Å². The predicted octanol–water partition coefficient (Wildman–Crippen LogP) is 2.17. The highest BCUT2D eigenvalue weighted by Gasteiger charge is 2.59. The smallest absolute Gasteiger partial charge is 0.321 e. The SMILES string of the molecule is CC1(C)[C@H](Nc2nc(C3CC3)no2)[C@H]2CCO[C@H]21. The van der Waals surface area contributed by atoms with E-state index in [1.807, 2.05) is 0 Å². The molecule has 1 aliphatic heterocycles. The van der Waals surface area contributed by atoms with Crippen LogP contribution in [0.2, 0.25) is 0 Å². The van der Waals surface area contributed by atoms with Gasteiger partial charge in [0.25, 0.3) is 0 Å². The fourth-order valence-corrected chi connectivity index (χ4v) is 3.55. The monoisotopic (exact) mass is 249 g/mol. The first kappa shape index (κ1) is 10.8. The third kappa shape index (κ3) is 1.43. The lowest BCUT2D eigenvalue weighted by atomic mass is 9.57. The molecule has 0 bridgehead atoms. The number of hydrogen-bond acceptors (Lipinski definition) is 5. The molecule has 0 radical (unpaired) electrons. The van der Waals surface area contributed by atoms with Gasteiger partial charge >= 0.3 is 6.01 Å². The lowest BCUT2D eigenvalue weighted by molar-refractivity contribution is -0.0929. The maximum absolute atomic E-state index is 5.78. The van der Waals surface area contributed by atoms with Gasteiger partial charge in [-0.15, -0.1) is 0 Å². The van der Waals surface area contributed by atoms with E-state index in [-0.39, 0.29) is 5.41 Å². The molecule has 3 fully saturated rings. The molecule has 3 aliphatic rings. The van der Waals surface area contributed by atoms with Gasteiger partial charge in [0.05, 0.1) is 6.10 Å². The van der Waals surface area contributed by atoms with Gasteiger partial charge in [0.1, 0.15) is 0 Å². The molecule has 2 heterocycles. The predicted molar refractivity (Wildman–Crippen MR) is 65.3 cm³/mol. The number of nitrogens with zero attached hydrogens (tertiary/aromatic N) is 2. The summed E-state index contributed by atoms with van der Waals surface area (Å²) < 4.78 is 11.1. The van der Waals surface area contributed by atoms with Crippen LogP contribution in [0.25, 0.3) is 0 Å². The number of nitrogens with one attached hydrogen (secondary N) is 1. The number of rotatable bonds is 3. The molecular weight excluding hydrogens is 230 g/mol. The van der Waals surface area contributed by atoms with Gasteiger partial charge in [-0.2, -0.15) is 4.98 Å². The second kappa shape index (κ2) is 3.47. The maximum Gasteiger partial charge on any atom is 0.321 e. The van der Waals surface area contributed by atoms with E-state index in [0.29, 0.717) is 30.0 Å². The zero-order valence-electron chi connectivity index (χ0n) is 10.8. The topological polar surface area (TPSA) is 60.2 Å². The molecule has 3 atom stereocenters. The quantitative estimate of drug-likeness (QED) is 0.889. The van der Waals surface area contributed by atoms with E-state index in [0.717, 1.165) is 18.9 Å². The molecule has 0 spiro atoms. The summed E-state index contributed by atoms with van der Waals surface area (Å²) in [6, 6.07) is 0.970. The Morgan fingerprint density at radius 3 is 2.89 bits per heavy atom. The summed E-state index contributed by atoms with van der Waals surface area (Å²) in [7, 11) is 0. The minimum Gasteiger partial charge on any atom is -0.377 e. The van der Waals surface area contributed by atoms with Gasteiger partial charge in [0, 0.05) is 29.9 Å². The number of hydrogen-bond donors (Lipinski definition) is 1. The van der Waals surface area contributed by atoms with Crippen LogP contribution < -0.4 is 5.32 Å². The summed E-state index contributed by atoms with van der Waals surface area (Å²) in [6.07, 6.45) is 3.93. The van der Waals surface area contributed by atoms with Crippen LogP contribution in [0.1, 0.15) is 44.9 Å². The lowest BCUT2D eigenvalue weighted by Crippen LogP contribution is -2.63. The van der Waals surface area contributed by atoms with E-state index in [1.165, 1.54) is 12.8 Å². The van der Waals surface area contributed by atoms with Crippen LogP contribution in [0.15, 0.2) is 4.52 Å². The zero-order chi connectivity index (χ0) is 12.3. The molecule has 2 saturated carbocycles. The van der Waals surface area contributed by atoms with Gasteiger partial charge in [0.2, 0.25) is 0 Å². The Hall–Kier alpha value is -1.10. The van der Waals surface area contributed by atoms with Gasteiger partial charge in [-0.05, 0) is 19.3 Å². The molecule has 5 nitrogen and oxygen atoms in total. The zero-order valence-corrected chi connectivity index (χ0v) is 10.8. The summed E-state index contributed by atoms with van der Waals surface area (Å²) in [5.41, 5.74) is 0.148. The highest BCUT2D eigenvalue weighted by atomic mass is 16.5. The fourth-order valence-electron chi connectivity index (χ4n) is 3.55. The van der Waals surface area contributed by atoms with Crippen molar-refractivity contribution in [1.82, 2.24) is 10.1 Å². The molecule has 0 unspecified atom stereocenters. The molecule has 98 valence electrons. The Morgan fingerprint density at radius 2 is 2.11 bits per heavy atom. The number of anilines is 1. The van der Waals surface area contributed by atoms with Crippen molar-refractivity contribution in [2.75, 3.05) is 11.9 Å². The van der Waals surface area contributed by atoms with Crippen molar-refractivity contribution in [1.29, 1.82) is 0 Å². The molecule has 4 rings (SSSR count). The van der Waals surface area contributed by atoms with Crippen LogP contribution in [0, 0.1) is 11.3 Å². The first-order valence-corrected chi connectivity index (χ1v) is 6.88. The fraction of sp³-hybridized carbons (Fsp3) is 0.846. The highest BCUT2D eigenvalue weighted by Crippen LogP contribution is 2.53. The highest BCUT2D eigenvalue weighted by molar-refractivity contribution is 5.29. The van der Waals surface area contributed by atoms with Crippen molar-refractivity contribution in [3.05, 3.63) is 5.82 Å². The van der Waals surface area contributed by atoms with Crippen molar-refractivity contribution in [3.8, 4) is 0 Å². The van der Waals surface area contributed by atoms with Crippen molar-refractivity contribution >= 4 is 6.01 Å². The van der Waals surface area contributed by atoms with Crippen LogP contribution in [-0.4, -0.2) is 28.9 Å². The summed E-state index contributed by atoms with van der Waals surface area (Å²) in [5, 5.41) is 7.47. The van der Waals surface area contributed by atoms with Gasteiger partial charge < -0.3 is 14.6 Å². The third-order valence-corrected chi connectivity index (χ3v) is 4.76. The Morgan fingerprint density at radius 1 is 1.28 bits per heavy atom. The lowest BCUT2D eigenvalue weighted by Gasteiger charge is -2.54. The molecule has 0 aromatic carbocycles. The van der Waals surface area contributed by atoms with Gasteiger partial charge in [-0.25, -0.2) is 0 Å². The summed E-state index contributed by atoms with van der Waals surface area (Å²) in [4.78, 5) is 4.44. The second-order valence-corrected chi connectivity index (χ2v) is 6.42. The summed E-state index contributed by atoms with van der Waals surface area (Å²) in [5.74, 6) is 2.01. The van der Waals surface area contributed by atoms with Crippen LogP contribution in [0.3, 0.4) is 0 Å². The maximum atomic E-state index is 5.78. The Balaban J connectivity index is 1.50. The first-order valence-electron chi connectivity index (χ1n) is 6.88. The molecule has 1 aromatic rings. The van der Waals surface area contributed by atoms with Gasteiger partial charge in [-0.1, -0.05) is 19.0 Å². The third-order valence-electron chi connectivity index (χ3n) is 4.76. The van der Waals surface area contributed by atoms with Gasteiger partial charge in [-0.3, -0.25) is 0 Å². The van der Waals surface area contributed by atoms with Crippen molar-refractivity contribution in [2.24, 2.45) is 11.3 Å². The second-order valence-electron chi connectivity index (χ2n) is 6.42. The van der Waals surface area contributed by atoms with Crippen LogP contribution in [0.5, 0.6) is 0 Å². The Kier molecular flexibility index (Phi) is 2.08. The average Bonchev–Trinajstić information content (AvgIpc) is 2.93. The minimum atomic E-state index is 0.148. The van der Waals surface area contributed by atoms with Gasteiger partial charge in [0.15, 0.2) is 5.82 Å². The van der Waals surface area contributed by atoms with E-state index in [9.17, 15) is 0 Å². The van der Waals surface area contributed by atoms with E-state index in [2.05, 4.69) is 29.3 Å². The average molecular weight is 249 g/mol. The molecule has 18 heavy (non-hydrogen) atoms.